The van der Waals surface area contributed by atoms with Crippen LogP contribution in [0.5, 0.6) is 5.75 Å². The molecule has 2 aromatic carbocycles. The third-order valence-electron chi connectivity index (χ3n) is 4.14. The molecule has 0 unspecified atom stereocenters. The molecule has 0 atom stereocenters. The van der Waals surface area contributed by atoms with Gasteiger partial charge in [-0.25, -0.2) is 0 Å². The lowest BCUT2D eigenvalue weighted by atomic mass is 10.2. The zero-order valence-corrected chi connectivity index (χ0v) is 18.0. The minimum Gasteiger partial charge on any atom is -0.488 e. The molecule has 3 rings (SSSR count). The average molecular weight is 477 g/mol. The number of carbonyl (C=O) groups is 2. The van der Waals surface area contributed by atoms with Crippen LogP contribution in [0.1, 0.15) is 25.0 Å². The number of nitrogens with zero attached hydrogens (tertiary/aromatic N) is 2. The van der Waals surface area contributed by atoms with Crippen molar-refractivity contribution in [2.75, 3.05) is 0 Å². The highest BCUT2D eigenvalue weighted by molar-refractivity contribution is 9.10. The first-order valence-corrected chi connectivity index (χ1v) is 10.3. The molecule has 0 radical (unpaired) electrons. The van der Waals surface area contributed by atoms with Crippen molar-refractivity contribution in [1.29, 1.82) is 0 Å². The number of rotatable bonds is 6. The van der Waals surface area contributed by atoms with E-state index in [1.807, 2.05) is 0 Å². The summed E-state index contributed by atoms with van der Waals surface area (Å²) < 4.78 is 6.45. The summed E-state index contributed by atoms with van der Waals surface area (Å²) >= 11 is 4.38. The summed E-state index contributed by atoms with van der Waals surface area (Å²) in [5, 5.41) is 10.4. The van der Waals surface area contributed by atoms with Crippen LogP contribution in [0.25, 0.3) is 6.08 Å². The first kappa shape index (κ1) is 21.1. The number of benzene rings is 2. The molecule has 7 nitrogen and oxygen atoms in total. The molecule has 0 N–H and O–H groups in total. The fourth-order valence-corrected chi connectivity index (χ4v) is 4.15. The standard InChI is InChI=1S/C20H17BrN2O5S/c1-12(2)22-19(24)18(29-20(22)25)10-14-5-8-17(16(21)9-14)28-11-13-3-6-15(7-4-13)23(26)27/h3-10,12H,11H2,1-2H3/b18-10+. The molecule has 1 fully saturated rings. The molecule has 2 amide bonds. The van der Waals surface area contributed by atoms with E-state index in [1.54, 1.807) is 50.3 Å². The molecule has 29 heavy (non-hydrogen) atoms. The van der Waals surface area contributed by atoms with Crippen molar-refractivity contribution in [1.82, 2.24) is 4.90 Å². The van der Waals surface area contributed by atoms with Gasteiger partial charge in [0.1, 0.15) is 12.4 Å². The maximum atomic E-state index is 12.4. The topological polar surface area (TPSA) is 89.8 Å². The molecule has 9 heteroatoms. The van der Waals surface area contributed by atoms with E-state index in [9.17, 15) is 19.7 Å². The first-order chi connectivity index (χ1) is 13.8. The van der Waals surface area contributed by atoms with E-state index in [0.717, 1.165) is 22.9 Å². The largest absolute Gasteiger partial charge is 0.488 e. The predicted octanol–water partition coefficient (Wildman–Crippen LogP) is 5.38. The monoisotopic (exact) mass is 476 g/mol. The Kier molecular flexibility index (Phi) is 6.39. The van der Waals surface area contributed by atoms with Crippen molar-refractivity contribution < 1.29 is 19.2 Å². The summed E-state index contributed by atoms with van der Waals surface area (Å²) in [7, 11) is 0. The molecule has 0 aliphatic carbocycles. The zero-order valence-electron chi connectivity index (χ0n) is 15.6. The van der Waals surface area contributed by atoms with E-state index in [-0.39, 0.29) is 29.5 Å². The van der Waals surface area contributed by atoms with Crippen LogP contribution < -0.4 is 4.74 Å². The van der Waals surface area contributed by atoms with Crippen molar-refractivity contribution in [2.24, 2.45) is 0 Å². The number of imide groups is 1. The average Bonchev–Trinajstić information content (AvgIpc) is 2.94. The molecule has 1 heterocycles. The fourth-order valence-electron chi connectivity index (χ4n) is 2.68. The normalized spacial score (nSPS) is 15.4. The van der Waals surface area contributed by atoms with Gasteiger partial charge in [0.15, 0.2) is 0 Å². The minimum absolute atomic E-state index is 0.0289. The number of amides is 2. The van der Waals surface area contributed by atoms with Crippen LogP contribution in [0, 0.1) is 10.1 Å². The van der Waals surface area contributed by atoms with Crippen LogP contribution in [0.4, 0.5) is 10.5 Å². The van der Waals surface area contributed by atoms with E-state index >= 15 is 0 Å². The molecule has 0 saturated carbocycles. The molecule has 1 saturated heterocycles. The summed E-state index contributed by atoms with van der Waals surface area (Å²) in [6, 6.07) is 11.3. The zero-order chi connectivity index (χ0) is 21.1. The van der Waals surface area contributed by atoms with Gasteiger partial charge in [-0.3, -0.25) is 24.6 Å². The van der Waals surface area contributed by atoms with Crippen LogP contribution >= 0.6 is 27.7 Å². The number of hydrogen-bond donors (Lipinski definition) is 0. The van der Waals surface area contributed by atoms with Crippen LogP contribution in [0.3, 0.4) is 0 Å². The Morgan fingerprint density at radius 3 is 2.45 bits per heavy atom. The van der Waals surface area contributed by atoms with E-state index in [4.69, 9.17) is 4.74 Å². The number of carbonyl (C=O) groups excluding carboxylic acids is 2. The number of nitro benzene ring substituents is 1. The first-order valence-electron chi connectivity index (χ1n) is 8.69. The Morgan fingerprint density at radius 2 is 1.90 bits per heavy atom. The van der Waals surface area contributed by atoms with Gasteiger partial charge in [-0.05, 0) is 83.0 Å². The highest BCUT2D eigenvalue weighted by Crippen LogP contribution is 2.35. The van der Waals surface area contributed by atoms with Crippen LogP contribution in [-0.4, -0.2) is 27.0 Å². The molecule has 150 valence electrons. The van der Waals surface area contributed by atoms with E-state index in [1.165, 1.54) is 17.0 Å². The van der Waals surface area contributed by atoms with Crippen LogP contribution in [0.2, 0.25) is 0 Å². The van der Waals surface area contributed by atoms with Crippen LogP contribution in [0.15, 0.2) is 51.8 Å². The Bertz CT molecular complexity index is 1000. The van der Waals surface area contributed by atoms with E-state index in [2.05, 4.69) is 15.9 Å². The number of nitro groups is 1. The number of halogens is 1. The number of hydrogen-bond acceptors (Lipinski definition) is 6. The SMILES string of the molecule is CC(C)N1C(=O)S/C(=C/c2ccc(OCc3ccc([N+](=O)[O-])cc3)c(Br)c2)C1=O. The predicted molar refractivity (Wildman–Crippen MR) is 115 cm³/mol. The minimum atomic E-state index is -0.449. The lowest BCUT2D eigenvalue weighted by Crippen LogP contribution is -2.34. The molecular weight excluding hydrogens is 460 g/mol. The second-order valence-corrected chi connectivity index (χ2v) is 8.40. The lowest BCUT2D eigenvalue weighted by molar-refractivity contribution is -0.384. The van der Waals surface area contributed by atoms with Crippen molar-refractivity contribution in [3.63, 3.8) is 0 Å². The van der Waals surface area contributed by atoms with Crippen molar-refractivity contribution >= 4 is 50.6 Å². The van der Waals surface area contributed by atoms with Crippen molar-refractivity contribution in [3.8, 4) is 5.75 Å². The third kappa shape index (κ3) is 4.86. The molecular formula is C20H17BrN2O5S. The van der Waals surface area contributed by atoms with Gasteiger partial charge in [0.2, 0.25) is 0 Å². The maximum absolute atomic E-state index is 12.4. The fraction of sp³-hybridized carbons (Fsp3) is 0.200. The second-order valence-electron chi connectivity index (χ2n) is 6.55. The van der Waals surface area contributed by atoms with Gasteiger partial charge in [-0.1, -0.05) is 6.07 Å². The second kappa shape index (κ2) is 8.79. The Labute approximate surface area is 180 Å². The molecule has 0 spiro atoms. The highest BCUT2D eigenvalue weighted by atomic mass is 79.9. The van der Waals surface area contributed by atoms with Gasteiger partial charge in [-0.15, -0.1) is 0 Å². The highest BCUT2D eigenvalue weighted by Gasteiger charge is 2.36. The Balaban J connectivity index is 1.70. The Hall–Kier alpha value is -2.65. The third-order valence-corrected chi connectivity index (χ3v) is 5.64. The van der Waals surface area contributed by atoms with Gasteiger partial charge >= 0.3 is 0 Å². The molecule has 0 aromatic heterocycles. The number of non-ortho nitro benzene ring substituents is 1. The van der Waals surface area contributed by atoms with Crippen molar-refractivity contribution in [3.05, 3.63) is 73.1 Å². The molecule has 1 aliphatic heterocycles. The van der Waals surface area contributed by atoms with Crippen LogP contribution in [-0.2, 0) is 11.4 Å². The van der Waals surface area contributed by atoms with E-state index in [0.29, 0.717) is 15.1 Å². The van der Waals surface area contributed by atoms with Gasteiger partial charge in [-0.2, -0.15) is 0 Å². The van der Waals surface area contributed by atoms with E-state index < -0.39 is 4.92 Å². The summed E-state index contributed by atoms with van der Waals surface area (Å²) in [4.78, 5) is 36.2. The van der Waals surface area contributed by atoms with Gasteiger partial charge < -0.3 is 4.74 Å². The number of ether oxygens (including phenoxy) is 1. The summed E-state index contributed by atoms with van der Waals surface area (Å²) in [6.45, 7) is 3.85. The Morgan fingerprint density at radius 1 is 1.21 bits per heavy atom. The summed E-state index contributed by atoms with van der Waals surface area (Å²) in [5.74, 6) is 0.306. The quantitative estimate of drug-likeness (QED) is 0.315. The van der Waals surface area contributed by atoms with Gasteiger partial charge in [0, 0.05) is 18.2 Å². The number of thioether (sulfide) groups is 1. The van der Waals surface area contributed by atoms with Gasteiger partial charge in [0.05, 0.1) is 14.3 Å². The van der Waals surface area contributed by atoms with Gasteiger partial charge in [0.25, 0.3) is 16.8 Å². The maximum Gasteiger partial charge on any atom is 0.293 e. The molecule has 1 aliphatic rings. The summed E-state index contributed by atoms with van der Waals surface area (Å²) in [5.41, 5.74) is 1.59. The lowest BCUT2D eigenvalue weighted by Gasteiger charge is -2.16. The smallest absolute Gasteiger partial charge is 0.293 e. The molecule has 2 aromatic rings. The molecule has 0 bridgehead atoms. The van der Waals surface area contributed by atoms with Crippen molar-refractivity contribution in [2.45, 2.75) is 26.5 Å². The summed E-state index contributed by atoms with van der Waals surface area (Å²) in [6.07, 6.45) is 1.68.